The van der Waals surface area contributed by atoms with E-state index in [1.807, 2.05) is 6.08 Å². The lowest BCUT2D eigenvalue weighted by Crippen LogP contribution is -2.23. The fraction of sp³-hybridized carbons (Fsp3) is 0.385. The Morgan fingerprint density at radius 1 is 1.32 bits per heavy atom. The van der Waals surface area contributed by atoms with Crippen molar-refractivity contribution in [2.75, 3.05) is 11.9 Å². The monoisotopic (exact) mass is 291 g/mol. The third-order valence-corrected chi connectivity index (χ3v) is 3.00. The van der Waals surface area contributed by atoms with Gasteiger partial charge < -0.3 is 10.1 Å². The number of nitrogens with one attached hydrogen (secondary N) is 1. The van der Waals surface area contributed by atoms with Crippen molar-refractivity contribution in [2.24, 2.45) is 0 Å². The van der Waals surface area contributed by atoms with E-state index >= 15 is 0 Å². The second kappa shape index (κ2) is 5.74. The maximum Gasteiger partial charge on any atom is 0.416 e. The summed E-state index contributed by atoms with van der Waals surface area (Å²) in [6, 6.07) is 3.42. The van der Waals surface area contributed by atoms with Gasteiger partial charge in [0, 0.05) is 10.7 Å². The van der Waals surface area contributed by atoms with Crippen LogP contribution in [0.15, 0.2) is 30.5 Å². The van der Waals surface area contributed by atoms with Gasteiger partial charge in [-0.2, -0.15) is 13.2 Å². The van der Waals surface area contributed by atoms with E-state index in [0.717, 1.165) is 25.0 Å². The van der Waals surface area contributed by atoms with Crippen LogP contribution in [0.5, 0.6) is 0 Å². The van der Waals surface area contributed by atoms with Crippen molar-refractivity contribution < 1.29 is 17.9 Å². The van der Waals surface area contributed by atoms with Gasteiger partial charge in [-0.25, -0.2) is 0 Å². The highest BCUT2D eigenvalue weighted by Crippen LogP contribution is 2.33. The van der Waals surface area contributed by atoms with E-state index < -0.39 is 11.7 Å². The second-order valence-corrected chi connectivity index (χ2v) is 4.75. The Kier molecular flexibility index (Phi) is 4.24. The number of hydrogen-bond acceptors (Lipinski definition) is 2. The highest BCUT2D eigenvalue weighted by molar-refractivity contribution is 6.30. The van der Waals surface area contributed by atoms with E-state index in [2.05, 4.69) is 5.32 Å². The number of ether oxygens (including phenoxy) is 1. The predicted molar refractivity (Wildman–Crippen MR) is 68.2 cm³/mol. The van der Waals surface area contributed by atoms with Crippen LogP contribution >= 0.6 is 11.6 Å². The third kappa shape index (κ3) is 4.06. The normalized spacial score (nSPS) is 19.1. The lowest BCUT2D eigenvalue weighted by Gasteiger charge is -2.20. The molecule has 2 nitrogen and oxygen atoms in total. The summed E-state index contributed by atoms with van der Waals surface area (Å²) in [5.74, 6) is 0. The van der Waals surface area contributed by atoms with Crippen LogP contribution in [-0.2, 0) is 10.9 Å². The van der Waals surface area contributed by atoms with E-state index in [9.17, 15) is 13.2 Å². The Hall–Kier alpha value is -1.36. The first-order valence-corrected chi connectivity index (χ1v) is 6.25. The molecule has 1 atom stereocenters. The number of rotatable bonds is 3. The molecule has 1 heterocycles. The molecule has 19 heavy (non-hydrogen) atoms. The minimum Gasteiger partial charge on any atom is -0.497 e. The van der Waals surface area contributed by atoms with Crippen molar-refractivity contribution in [2.45, 2.75) is 25.1 Å². The molecule has 0 saturated heterocycles. The Labute approximate surface area is 114 Å². The van der Waals surface area contributed by atoms with Gasteiger partial charge in [0.05, 0.1) is 18.4 Å². The summed E-state index contributed by atoms with van der Waals surface area (Å²) in [6.45, 7) is 0.446. The molecule has 0 aromatic heterocycles. The first kappa shape index (κ1) is 14.1. The van der Waals surface area contributed by atoms with Crippen molar-refractivity contribution in [3.8, 4) is 0 Å². The molecule has 0 aliphatic carbocycles. The first-order valence-electron chi connectivity index (χ1n) is 5.87. The molecular formula is C13H13ClF3NO. The van der Waals surface area contributed by atoms with Crippen LogP contribution in [-0.4, -0.2) is 12.6 Å². The number of alkyl halides is 3. The zero-order chi connectivity index (χ0) is 13.9. The van der Waals surface area contributed by atoms with Gasteiger partial charge in [-0.05, 0) is 37.1 Å². The minimum atomic E-state index is -4.40. The van der Waals surface area contributed by atoms with Gasteiger partial charge in [-0.3, -0.25) is 0 Å². The first-order chi connectivity index (χ1) is 8.95. The molecule has 1 aliphatic rings. The number of hydrogen-bond donors (Lipinski definition) is 1. The van der Waals surface area contributed by atoms with Gasteiger partial charge in [-0.1, -0.05) is 11.6 Å². The zero-order valence-corrected chi connectivity index (χ0v) is 10.8. The van der Waals surface area contributed by atoms with Crippen LogP contribution in [0, 0.1) is 0 Å². The molecule has 1 aromatic carbocycles. The lowest BCUT2D eigenvalue weighted by molar-refractivity contribution is -0.137. The SMILES string of the molecule is FC(F)(F)c1cc(Cl)cc(NCC2CCC=CO2)c1. The zero-order valence-electron chi connectivity index (χ0n) is 10.0. The van der Waals surface area contributed by atoms with Crippen LogP contribution in [0.2, 0.25) is 5.02 Å². The van der Waals surface area contributed by atoms with E-state index in [1.165, 1.54) is 6.07 Å². The quantitative estimate of drug-likeness (QED) is 0.887. The lowest BCUT2D eigenvalue weighted by atomic mass is 10.1. The Morgan fingerprint density at radius 3 is 2.74 bits per heavy atom. The van der Waals surface area contributed by atoms with Gasteiger partial charge in [0.2, 0.25) is 0 Å². The van der Waals surface area contributed by atoms with E-state index in [4.69, 9.17) is 16.3 Å². The van der Waals surface area contributed by atoms with Crippen LogP contribution in [0.1, 0.15) is 18.4 Å². The maximum atomic E-state index is 12.6. The Morgan fingerprint density at radius 2 is 2.11 bits per heavy atom. The van der Waals surface area contributed by atoms with Crippen molar-refractivity contribution in [1.82, 2.24) is 0 Å². The summed E-state index contributed by atoms with van der Waals surface area (Å²) in [7, 11) is 0. The average molecular weight is 292 g/mol. The average Bonchev–Trinajstić information content (AvgIpc) is 2.36. The Balaban J connectivity index is 2.03. The van der Waals surface area contributed by atoms with Gasteiger partial charge in [0.1, 0.15) is 6.10 Å². The summed E-state index contributed by atoms with van der Waals surface area (Å²) >= 11 is 5.70. The van der Waals surface area contributed by atoms with Crippen LogP contribution in [0.4, 0.5) is 18.9 Å². The molecule has 0 saturated carbocycles. The van der Waals surface area contributed by atoms with Gasteiger partial charge in [-0.15, -0.1) is 0 Å². The van der Waals surface area contributed by atoms with Crippen LogP contribution in [0.25, 0.3) is 0 Å². The van der Waals surface area contributed by atoms with Crippen molar-refractivity contribution in [3.63, 3.8) is 0 Å². The molecule has 1 N–H and O–H groups in total. The van der Waals surface area contributed by atoms with Gasteiger partial charge in [0.15, 0.2) is 0 Å². The predicted octanol–water partition coefficient (Wildman–Crippen LogP) is 4.46. The van der Waals surface area contributed by atoms with Crippen molar-refractivity contribution in [3.05, 3.63) is 41.1 Å². The second-order valence-electron chi connectivity index (χ2n) is 4.31. The molecular weight excluding hydrogens is 279 g/mol. The molecule has 2 rings (SSSR count). The van der Waals surface area contributed by atoms with E-state index in [-0.39, 0.29) is 11.1 Å². The summed E-state index contributed by atoms with van der Waals surface area (Å²) in [4.78, 5) is 0. The summed E-state index contributed by atoms with van der Waals surface area (Å²) in [5.41, 5.74) is -0.412. The molecule has 1 unspecified atom stereocenters. The molecule has 0 bridgehead atoms. The van der Waals surface area contributed by atoms with E-state index in [0.29, 0.717) is 12.2 Å². The van der Waals surface area contributed by atoms with Gasteiger partial charge in [0.25, 0.3) is 0 Å². The smallest absolute Gasteiger partial charge is 0.416 e. The fourth-order valence-corrected chi connectivity index (χ4v) is 2.06. The minimum absolute atomic E-state index is 0.0293. The largest absolute Gasteiger partial charge is 0.497 e. The maximum absolute atomic E-state index is 12.6. The number of benzene rings is 1. The third-order valence-electron chi connectivity index (χ3n) is 2.78. The molecule has 0 fully saturated rings. The highest BCUT2D eigenvalue weighted by Gasteiger charge is 2.31. The molecule has 1 aromatic rings. The number of halogens is 4. The van der Waals surface area contributed by atoms with Crippen molar-refractivity contribution >= 4 is 17.3 Å². The summed E-state index contributed by atoms with van der Waals surface area (Å²) in [6.07, 6.45) is 0.863. The molecule has 1 aliphatic heterocycles. The standard InChI is InChI=1S/C13H13ClF3NO/c14-10-5-9(13(15,16)17)6-11(7-10)18-8-12-3-1-2-4-19-12/h2,4-7,12,18H,1,3,8H2. The van der Waals surface area contributed by atoms with Crippen molar-refractivity contribution in [1.29, 1.82) is 0 Å². The molecule has 0 spiro atoms. The molecule has 6 heteroatoms. The van der Waals surface area contributed by atoms with Gasteiger partial charge >= 0.3 is 6.18 Å². The Bertz CT molecular complexity index is 473. The molecule has 0 amide bonds. The fourth-order valence-electron chi connectivity index (χ4n) is 1.82. The summed E-state index contributed by atoms with van der Waals surface area (Å²) in [5, 5.41) is 2.98. The highest BCUT2D eigenvalue weighted by atomic mass is 35.5. The topological polar surface area (TPSA) is 21.3 Å². The van der Waals surface area contributed by atoms with Crippen LogP contribution in [0.3, 0.4) is 0 Å². The molecule has 0 radical (unpaired) electrons. The summed E-state index contributed by atoms with van der Waals surface area (Å²) < 4.78 is 43.2. The molecule has 104 valence electrons. The van der Waals surface area contributed by atoms with Crippen LogP contribution < -0.4 is 5.32 Å². The van der Waals surface area contributed by atoms with E-state index in [1.54, 1.807) is 6.26 Å². The number of allylic oxidation sites excluding steroid dienone is 1. The number of anilines is 1.